The topological polar surface area (TPSA) is 17.3 Å². The van der Waals surface area contributed by atoms with Gasteiger partial charge < -0.3 is 4.57 Å². The molecule has 1 aliphatic carbocycles. The molecular weight excluding hydrogens is 653 g/mol. The maximum absolute atomic E-state index is 5.45. The van der Waals surface area contributed by atoms with Gasteiger partial charge in [-0.15, -0.1) is 0 Å². The van der Waals surface area contributed by atoms with Crippen molar-refractivity contribution in [1.29, 1.82) is 0 Å². The van der Waals surface area contributed by atoms with Crippen LogP contribution in [0.15, 0.2) is 193 Å². The molecule has 54 heavy (non-hydrogen) atoms. The fraction of sp³-hybridized carbons (Fsp3) is 0.0962. The van der Waals surface area contributed by atoms with E-state index in [-0.39, 0.29) is 17.4 Å². The van der Waals surface area contributed by atoms with Gasteiger partial charge in [0.05, 0.1) is 22.8 Å². The maximum Gasteiger partial charge on any atom is 0.0819 e. The SMILES string of the molecule is C[C@@H]1C(C2(C)c3ccccc3-c3cc4cc(-n5c6ccccc6c6c7ccccc7ccc65)ccc4cc32)=CC(c2ccccc2)=NC1c1ccccc1. The van der Waals surface area contributed by atoms with Crippen molar-refractivity contribution < 1.29 is 0 Å². The minimum Gasteiger partial charge on any atom is -0.309 e. The fourth-order valence-corrected chi connectivity index (χ4v) is 9.82. The van der Waals surface area contributed by atoms with E-state index in [9.17, 15) is 0 Å². The number of hydrogen-bond acceptors (Lipinski definition) is 1. The Morgan fingerprint density at radius 3 is 2.09 bits per heavy atom. The van der Waals surface area contributed by atoms with Crippen molar-refractivity contribution in [2.75, 3.05) is 0 Å². The number of aromatic nitrogens is 1. The van der Waals surface area contributed by atoms with E-state index in [1.165, 1.54) is 82.4 Å². The van der Waals surface area contributed by atoms with Gasteiger partial charge in [-0.05, 0) is 110 Å². The van der Waals surface area contributed by atoms with E-state index in [1.807, 2.05) is 0 Å². The molecule has 2 heterocycles. The van der Waals surface area contributed by atoms with Crippen molar-refractivity contribution in [3.05, 3.63) is 210 Å². The van der Waals surface area contributed by atoms with Gasteiger partial charge in [-0.3, -0.25) is 4.99 Å². The van der Waals surface area contributed by atoms with Gasteiger partial charge in [0.15, 0.2) is 0 Å². The van der Waals surface area contributed by atoms with Crippen LogP contribution in [0.4, 0.5) is 0 Å². The van der Waals surface area contributed by atoms with Crippen molar-refractivity contribution in [1.82, 2.24) is 4.57 Å². The first-order chi connectivity index (χ1) is 26.6. The number of rotatable bonds is 4. The summed E-state index contributed by atoms with van der Waals surface area (Å²) in [6.07, 6.45) is 2.41. The van der Waals surface area contributed by atoms with Crippen LogP contribution in [0, 0.1) is 5.92 Å². The second kappa shape index (κ2) is 11.7. The Morgan fingerprint density at radius 2 is 1.24 bits per heavy atom. The third kappa shape index (κ3) is 4.43. The smallest absolute Gasteiger partial charge is 0.0819 e. The molecule has 2 nitrogen and oxygen atoms in total. The first-order valence-electron chi connectivity index (χ1n) is 19.1. The highest BCUT2D eigenvalue weighted by Crippen LogP contribution is 2.57. The zero-order valence-electron chi connectivity index (χ0n) is 30.4. The second-order valence-corrected chi connectivity index (χ2v) is 15.3. The van der Waals surface area contributed by atoms with Crippen molar-refractivity contribution in [2.24, 2.45) is 10.9 Å². The Hall–Kier alpha value is -6.51. The van der Waals surface area contributed by atoms with Gasteiger partial charge in [0, 0.05) is 27.8 Å². The Labute approximate surface area is 315 Å². The zero-order valence-corrected chi connectivity index (χ0v) is 30.4. The molecule has 11 rings (SSSR count). The van der Waals surface area contributed by atoms with E-state index < -0.39 is 0 Å². The second-order valence-electron chi connectivity index (χ2n) is 15.3. The molecule has 256 valence electrons. The van der Waals surface area contributed by atoms with Gasteiger partial charge in [0.2, 0.25) is 0 Å². The lowest BCUT2D eigenvalue weighted by atomic mass is 9.66. The van der Waals surface area contributed by atoms with Crippen molar-refractivity contribution in [2.45, 2.75) is 25.3 Å². The first-order valence-corrected chi connectivity index (χ1v) is 19.1. The summed E-state index contributed by atoms with van der Waals surface area (Å²) in [7, 11) is 0. The van der Waals surface area contributed by atoms with Crippen LogP contribution in [0.25, 0.3) is 60.2 Å². The molecule has 2 unspecified atom stereocenters. The maximum atomic E-state index is 5.45. The molecular formula is C52H38N2. The molecule has 0 bridgehead atoms. The molecule has 0 saturated carbocycles. The Kier molecular flexibility index (Phi) is 6.76. The fourth-order valence-electron chi connectivity index (χ4n) is 9.82. The first kappa shape index (κ1) is 31.1. The van der Waals surface area contributed by atoms with Crippen molar-refractivity contribution in [3.8, 4) is 16.8 Å². The van der Waals surface area contributed by atoms with Gasteiger partial charge in [0.25, 0.3) is 0 Å². The Morgan fingerprint density at radius 1 is 0.537 bits per heavy atom. The predicted molar refractivity (Wildman–Crippen MR) is 227 cm³/mol. The summed E-state index contributed by atoms with van der Waals surface area (Å²) in [5.74, 6) is 0.188. The minimum absolute atomic E-state index is 0.0146. The van der Waals surface area contributed by atoms with E-state index in [1.54, 1.807) is 0 Å². The van der Waals surface area contributed by atoms with Gasteiger partial charge in [-0.2, -0.15) is 0 Å². The third-order valence-electron chi connectivity index (χ3n) is 12.4. The van der Waals surface area contributed by atoms with E-state index in [2.05, 4.69) is 200 Å². The van der Waals surface area contributed by atoms with Crippen LogP contribution in [0.3, 0.4) is 0 Å². The Bertz CT molecular complexity index is 3020. The highest BCUT2D eigenvalue weighted by atomic mass is 15.0. The summed E-state index contributed by atoms with van der Waals surface area (Å²) in [6, 6.07) is 64.7. The zero-order chi connectivity index (χ0) is 36.0. The van der Waals surface area contributed by atoms with Crippen LogP contribution in [0.5, 0.6) is 0 Å². The summed E-state index contributed by atoms with van der Waals surface area (Å²) >= 11 is 0. The summed E-state index contributed by atoms with van der Waals surface area (Å²) in [5.41, 5.74) is 13.5. The molecule has 3 atom stereocenters. The standard InChI is InChI=1S/C52H38N2/c1-33-45(32-47(35-16-5-3-6-17-35)53-51(33)36-18-7-4-8-19-36)52(2)44-23-13-11-21-41(44)43-30-38-29-39(27-25-37(38)31-46(43)52)54-48-24-14-12-22-42(48)50-40-20-10-9-15-34(40)26-28-49(50)54/h3-33,51H,1-2H3/t33-,51?,52?/m1/s1. The van der Waals surface area contributed by atoms with Crippen molar-refractivity contribution in [3.63, 3.8) is 0 Å². The summed E-state index contributed by atoms with van der Waals surface area (Å²) < 4.78 is 2.45. The molecule has 1 aromatic heterocycles. The van der Waals surface area contributed by atoms with Crippen molar-refractivity contribution >= 4 is 49.1 Å². The average Bonchev–Trinajstić information content (AvgIpc) is 3.70. The normalized spacial score (nSPS) is 19.2. The lowest BCUT2D eigenvalue weighted by Crippen LogP contribution is -2.33. The highest BCUT2D eigenvalue weighted by molar-refractivity contribution is 6.21. The molecule has 0 saturated heterocycles. The van der Waals surface area contributed by atoms with Crippen LogP contribution in [0.1, 0.15) is 42.1 Å². The van der Waals surface area contributed by atoms with E-state index in [0.717, 1.165) is 11.3 Å². The lowest BCUT2D eigenvalue weighted by molar-refractivity contribution is 0.471. The summed E-state index contributed by atoms with van der Waals surface area (Å²) in [4.78, 5) is 5.45. The molecule has 9 aromatic rings. The highest BCUT2D eigenvalue weighted by Gasteiger charge is 2.46. The molecule has 8 aromatic carbocycles. The number of benzene rings is 8. The molecule has 2 heteroatoms. The monoisotopic (exact) mass is 690 g/mol. The van der Waals surface area contributed by atoms with Crippen LogP contribution in [0.2, 0.25) is 0 Å². The van der Waals surface area contributed by atoms with E-state index in [0.29, 0.717) is 0 Å². The van der Waals surface area contributed by atoms with Crippen LogP contribution >= 0.6 is 0 Å². The van der Waals surface area contributed by atoms with Crippen LogP contribution in [-0.4, -0.2) is 10.3 Å². The largest absolute Gasteiger partial charge is 0.309 e. The number of allylic oxidation sites excluding steroid dienone is 1. The van der Waals surface area contributed by atoms with Gasteiger partial charge in [-0.1, -0.05) is 146 Å². The van der Waals surface area contributed by atoms with Gasteiger partial charge >= 0.3 is 0 Å². The van der Waals surface area contributed by atoms with E-state index in [4.69, 9.17) is 4.99 Å². The number of nitrogens with zero attached hydrogens (tertiary/aromatic N) is 2. The number of fused-ring (bicyclic) bond motifs is 9. The molecule has 0 spiro atoms. The molecule has 2 aliphatic rings. The van der Waals surface area contributed by atoms with Gasteiger partial charge in [0.1, 0.15) is 0 Å². The number of dihydropyridines is 1. The number of para-hydroxylation sites is 1. The Balaban J connectivity index is 1.11. The summed E-state index contributed by atoms with van der Waals surface area (Å²) in [5, 5.41) is 7.65. The quantitative estimate of drug-likeness (QED) is 0.175. The molecule has 0 N–H and O–H groups in total. The molecule has 0 radical (unpaired) electrons. The average molecular weight is 691 g/mol. The summed E-state index contributed by atoms with van der Waals surface area (Å²) in [6.45, 7) is 4.83. The number of hydrogen-bond donors (Lipinski definition) is 0. The van der Waals surface area contributed by atoms with Crippen LogP contribution < -0.4 is 0 Å². The van der Waals surface area contributed by atoms with E-state index >= 15 is 0 Å². The lowest BCUT2D eigenvalue weighted by Gasteiger charge is -2.39. The molecule has 1 aliphatic heterocycles. The van der Waals surface area contributed by atoms with Crippen LogP contribution in [-0.2, 0) is 5.41 Å². The van der Waals surface area contributed by atoms with Gasteiger partial charge in [-0.25, -0.2) is 0 Å². The third-order valence-corrected chi connectivity index (χ3v) is 12.4. The molecule has 0 amide bonds. The predicted octanol–water partition coefficient (Wildman–Crippen LogP) is 13.2. The minimum atomic E-state index is -0.338. The number of aliphatic imine (C=N–C) groups is 1. The molecule has 0 fully saturated rings.